The van der Waals surface area contributed by atoms with E-state index in [2.05, 4.69) is 10.3 Å². The Balaban J connectivity index is 1.90. The van der Waals surface area contributed by atoms with Gasteiger partial charge in [-0.25, -0.2) is 13.4 Å². The predicted octanol–water partition coefficient (Wildman–Crippen LogP) is 1.76. The lowest BCUT2D eigenvalue weighted by Gasteiger charge is -2.22. The van der Waals surface area contributed by atoms with Gasteiger partial charge in [0.25, 0.3) is 0 Å². The van der Waals surface area contributed by atoms with Gasteiger partial charge in [0.05, 0.1) is 24.1 Å². The number of hydrogen-bond donors (Lipinski definition) is 1. The molecule has 140 valence electrons. The lowest BCUT2D eigenvalue weighted by atomic mass is 10.3. The summed E-state index contributed by atoms with van der Waals surface area (Å²) < 4.78 is 30.2. The Bertz CT molecular complexity index is 812. The summed E-state index contributed by atoms with van der Waals surface area (Å²) in [6.07, 6.45) is 2.78. The van der Waals surface area contributed by atoms with Gasteiger partial charge in [-0.15, -0.1) is 11.8 Å². The van der Waals surface area contributed by atoms with Crippen molar-refractivity contribution in [2.75, 3.05) is 36.5 Å². The summed E-state index contributed by atoms with van der Waals surface area (Å²) in [5.41, 5.74) is 0.409. The van der Waals surface area contributed by atoms with Gasteiger partial charge in [0.2, 0.25) is 15.9 Å². The number of nitrogens with one attached hydrogen (secondary N) is 1. The molecule has 0 aliphatic carbocycles. The highest BCUT2D eigenvalue weighted by Crippen LogP contribution is 2.21. The summed E-state index contributed by atoms with van der Waals surface area (Å²) in [5, 5.41) is 3.60. The van der Waals surface area contributed by atoms with Crippen molar-refractivity contribution in [1.82, 2.24) is 10.3 Å². The van der Waals surface area contributed by atoms with Crippen molar-refractivity contribution in [3.63, 3.8) is 0 Å². The van der Waals surface area contributed by atoms with Crippen LogP contribution in [0.4, 0.5) is 5.69 Å². The third kappa shape index (κ3) is 6.23. The van der Waals surface area contributed by atoms with Crippen molar-refractivity contribution in [2.24, 2.45) is 0 Å². The van der Waals surface area contributed by atoms with Crippen molar-refractivity contribution in [3.8, 4) is 5.75 Å². The van der Waals surface area contributed by atoms with E-state index in [1.165, 1.54) is 18.9 Å². The van der Waals surface area contributed by atoms with Crippen molar-refractivity contribution in [3.05, 3.63) is 48.7 Å². The van der Waals surface area contributed by atoms with Gasteiger partial charge in [0.1, 0.15) is 12.3 Å². The van der Waals surface area contributed by atoms with Crippen LogP contribution in [0.2, 0.25) is 0 Å². The molecule has 0 bridgehead atoms. The standard InChI is InChI=1S/C17H21N3O4S2/c1-24-15-8-6-14(7-9-15)20(26(2,22)23)13-16(21)18-11-12-25-17-5-3-4-10-19-17/h3-10H,11-13H2,1-2H3,(H,18,21). The molecule has 0 atom stereocenters. The number of benzene rings is 1. The number of amides is 1. The number of carbonyl (C=O) groups excluding carboxylic acids is 1. The van der Waals surface area contributed by atoms with Crippen LogP contribution in [0.3, 0.4) is 0 Å². The monoisotopic (exact) mass is 395 g/mol. The van der Waals surface area contributed by atoms with E-state index in [1.807, 2.05) is 18.2 Å². The fraction of sp³-hybridized carbons (Fsp3) is 0.294. The number of rotatable bonds is 9. The zero-order chi connectivity index (χ0) is 19.0. The zero-order valence-corrected chi connectivity index (χ0v) is 16.2. The minimum absolute atomic E-state index is 0.278. The van der Waals surface area contributed by atoms with Crippen molar-refractivity contribution >= 4 is 33.4 Å². The molecule has 9 heteroatoms. The van der Waals surface area contributed by atoms with Gasteiger partial charge in [-0.05, 0) is 36.4 Å². The maximum atomic E-state index is 12.1. The summed E-state index contributed by atoms with van der Waals surface area (Å²) in [7, 11) is -2.06. The topological polar surface area (TPSA) is 88.6 Å². The van der Waals surface area contributed by atoms with E-state index in [4.69, 9.17) is 4.74 Å². The molecule has 1 aromatic carbocycles. The van der Waals surface area contributed by atoms with E-state index in [-0.39, 0.29) is 12.5 Å². The number of methoxy groups -OCH3 is 1. The number of aromatic nitrogens is 1. The second-order valence-corrected chi connectivity index (χ2v) is 8.36. The van der Waals surface area contributed by atoms with Crippen LogP contribution in [-0.2, 0) is 14.8 Å². The Kier molecular flexibility index (Phi) is 7.28. The second-order valence-electron chi connectivity index (χ2n) is 5.33. The minimum Gasteiger partial charge on any atom is -0.497 e. The van der Waals surface area contributed by atoms with Gasteiger partial charge < -0.3 is 10.1 Å². The molecular weight excluding hydrogens is 374 g/mol. The first kappa shape index (κ1) is 20.1. The predicted molar refractivity (Wildman–Crippen MR) is 103 cm³/mol. The minimum atomic E-state index is -3.59. The van der Waals surface area contributed by atoms with Crippen molar-refractivity contribution < 1.29 is 17.9 Å². The molecule has 0 saturated heterocycles. The number of nitrogens with zero attached hydrogens (tertiary/aromatic N) is 2. The number of anilines is 1. The molecule has 1 amide bonds. The van der Waals surface area contributed by atoms with Crippen LogP contribution in [0.5, 0.6) is 5.75 Å². The van der Waals surface area contributed by atoms with Crippen LogP contribution in [0.1, 0.15) is 0 Å². The highest BCUT2D eigenvalue weighted by Gasteiger charge is 2.20. The van der Waals surface area contributed by atoms with E-state index < -0.39 is 10.0 Å². The summed E-state index contributed by atoms with van der Waals surface area (Å²) in [5.74, 6) is 0.885. The molecule has 2 rings (SSSR count). The molecule has 1 aromatic heterocycles. The number of pyridine rings is 1. The van der Waals surface area contributed by atoms with Crippen LogP contribution < -0.4 is 14.4 Å². The lowest BCUT2D eigenvalue weighted by Crippen LogP contribution is -2.41. The Labute approximate surface area is 157 Å². The quantitative estimate of drug-likeness (QED) is 0.514. The second kappa shape index (κ2) is 9.44. The van der Waals surface area contributed by atoms with E-state index in [1.54, 1.807) is 30.5 Å². The lowest BCUT2D eigenvalue weighted by molar-refractivity contribution is -0.119. The molecule has 0 saturated carbocycles. The Morgan fingerprint density at radius 3 is 2.54 bits per heavy atom. The molecule has 1 N–H and O–H groups in total. The molecule has 0 unspecified atom stereocenters. The van der Waals surface area contributed by atoms with Gasteiger partial charge in [0.15, 0.2) is 0 Å². The van der Waals surface area contributed by atoms with Gasteiger partial charge in [-0.2, -0.15) is 0 Å². The van der Waals surface area contributed by atoms with E-state index in [9.17, 15) is 13.2 Å². The number of hydrogen-bond acceptors (Lipinski definition) is 6. The Morgan fingerprint density at radius 1 is 1.23 bits per heavy atom. The summed E-state index contributed by atoms with van der Waals surface area (Å²) in [4.78, 5) is 16.3. The third-order valence-corrected chi connectivity index (χ3v) is 5.45. The molecule has 0 fully saturated rings. The summed E-state index contributed by atoms with van der Waals surface area (Å²) in [6, 6.07) is 12.1. The number of thioether (sulfide) groups is 1. The van der Waals surface area contributed by atoms with E-state index in [0.29, 0.717) is 23.7 Å². The maximum Gasteiger partial charge on any atom is 0.240 e. The van der Waals surface area contributed by atoms with Gasteiger partial charge >= 0.3 is 0 Å². The van der Waals surface area contributed by atoms with Gasteiger partial charge in [0, 0.05) is 18.5 Å². The Hall–Kier alpha value is -2.26. The summed E-state index contributed by atoms with van der Waals surface area (Å²) in [6.45, 7) is 0.139. The molecule has 0 aliphatic rings. The molecule has 0 spiro atoms. The summed E-state index contributed by atoms with van der Waals surface area (Å²) >= 11 is 1.52. The van der Waals surface area contributed by atoms with Crippen molar-refractivity contribution in [2.45, 2.75) is 5.03 Å². The number of sulfonamides is 1. The zero-order valence-electron chi connectivity index (χ0n) is 14.6. The van der Waals surface area contributed by atoms with Crippen LogP contribution in [0.25, 0.3) is 0 Å². The largest absolute Gasteiger partial charge is 0.497 e. The average Bonchev–Trinajstić information content (AvgIpc) is 2.63. The van der Waals surface area contributed by atoms with Crippen LogP contribution in [0, 0.1) is 0 Å². The number of carbonyl (C=O) groups is 1. The first-order valence-corrected chi connectivity index (χ1v) is 10.7. The van der Waals surface area contributed by atoms with Crippen LogP contribution >= 0.6 is 11.8 Å². The first-order valence-electron chi connectivity index (χ1n) is 7.82. The molecule has 0 aliphatic heterocycles. The first-order chi connectivity index (χ1) is 12.4. The molecule has 2 aromatic rings. The molecule has 0 radical (unpaired) electrons. The van der Waals surface area contributed by atoms with Crippen LogP contribution in [-0.4, -0.2) is 51.5 Å². The third-order valence-electron chi connectivity index (χ3n) is 3.36. The van der Waals surface area contributed by atoms with Crippen LogP contribution in [0.15, 0.2) is 53.7 Å². The molecule has 7 nitrogen and oxygen atoms in total. The van der Waals surface area contributed by atoms with Gasteiger partial charge in [-0.1, -0.05) is 6.07 Å². The molecular formula is C17H21N3O4S2. The molecule has 26 heavy (non-hydrogen) atoms. The fourth-order valence-electron chi connectivity index (χ4n) is 2.11. The fourth-order valence-corrected chi connectivity index (χ4v) is 3.69. The highest BCUT2D eigenvalue weighted by atomic mass is 32.2. The van der Waals surface area contributed by atoms with E-state index >= 15 is 0 Å². The Morgan fingerprint density at radius 2 is 1.96 bits per heavy atom. The van der Waals surface area contributed by atoms with Gasteiger partial charge in [-0.3, -0.25) is 9.10 Å². The normalized spacial score (nSPS) is 11.0. The SMILES string of the molecule is COc1ccc(N(CC(=O)NCCSc2ccccn2)S(C)(=O)=O)cc1. The number of ether oxygens (including phenoxy) is 1. The highest BCUT2D eigenvalue weighted by molar-refractivity contribution is 7.99. The maximum absolute atomic E-state index is 12.1. The molecule has 1 heterocycles. The van der Waals surface area contributed by atoms with Crippen molar-refractivity contribution in [1.29, 1.82) is 0 Å². The average molecular weight is 396 g/mol. The van der Waals surface area contributed by atoms with E-state index in [0.717, 1.165) is 15.6 Å². The smallest absolute Gasteiger partial charge is 0.240 e.